The highest BCUT2D eigenvalue weighted by Crippen LogP contribution is 2.13. The maximum absolute atomic E-state index is 11.9. The average Bonchev–Trinajstić information content (AvgIpc) is 2.45. The topological polar surface area (TPSA) is 73.9 Å². The fourth-order valence-corrected chi connectivity index (χ4v) is 1.75. The second kappa shape index (κ2) is 8.57. The van der Waals surface area contributed by atoms with E-state index in [0.29, 0.717) is 5.75 Å². The van der Waals surface area contributed by atoms with Crippen molar-refractivity contribution in [3.63, 3.8) is 0 Å². The van der Waals surface area contributed by atoms with E-state index in [2.05, 4.69) is 5.32 Å². The number of ether oxygens (including phenoxy) is 3. The number of nitrogens with one attached hydrogen (secondary N) is 1. The molecule has 0 aliphatic carbocycles. The second-order valence-corrected chi connectivity index (χ2v) is 6.74. The van der Waals surface area contributed by atoms with Gasteiger partial charge in [0.2, 0.25) is 0 Å². The molecule has 0 unspecified atom stereocenters. The van der Waals surface area contributed by atoms with Crippen molar-refractivity contribution >= 4 is 12.1 Å². The Hall–Kier alpha value is -2.24. The van der Waals surface area contributed by atoms with E-state index in [1.165, 1.54) is 6.92 Å². The minimum absolute atomic E-state index is 0.0903. The van der Waals surface area contributed by atoms with E-state index in [0.717, 1.165) is 5.56 Å². The van der Waals surface area contributed by atoms with E-state index >= 15 is 0 Å². The highest BCUT2D eigenvalue weighted by molar-refractivity contribution is 5.81. The molecule has 24 heavy (non-hydrogen) atoms. The molecule has 1 N–H and O–H groups in total. The normalized spacial score (nSPS) is 13.6. The Morgan fingerprint density at radius 2 is 1.71 bits per heavy atom. The van der Waals surface area contributed by atoms with Crippen LogP contribution in [0.3, 0.4) is 0 Å². The molecule has 0 saturated heterocycles. The molecule has 0 spiro atoms. The Balaban J connectivity index is 2.36. The number of alkyl carbamates (subject to hydrolysis) is 1. The van der Waals surface area contributed by atoms with Crippen molar-refractivity contribution in [2.75, 3.05) is 6.61 Å². The van der Waals surface area contributed by atoms with Crippen molar-refractivity contribution in [2.45, 2.75) is 59.3 Å². The molecular formula is C18H27NO5. The first-order valence-corrected chi connectivity index (χ1v) is 7.96. The molecule has 1 rings (SSSR count). The highest BCUT2D eigenvalue weighted by Gasteiger charge is 2.22. The lowest BCUT2D eigenvalue weighted by Gasteiger charge is -2.22. The molecule has 1 aromatic carbocycles. The second-order valence-electron chi connectivity index (χ2n) is 6.74. The van der Waals surface area contributed by atoms with Gasteiger partial charge in [0.1, 0.15) is 30.1 Å². The molecule has 134 valence electrons. The molecule has 0 fully saturated rings. The minimum Gasteiger partial charge on any atom is -0.487 e. The highest BCUT2D eigenvalue weighted by atomic mass is 16.6. The fourth-order valence-electron chi connectivity index (χ4n) is 1.75. The number of hydrogen-bond donors (Lipinski definition) is 1. The number of carbonyl (C=O) groups is 2. The summed E-state index contributed by atoms with van der Waals surface area (Å²) < 4.78 is 15.9. The SMILES string of the molecule is Cc1ccc(O[C@@H](C)COC(=O)[C@H](C)NC(=O)OC(C)(C)C)cc1. The van der Waals surface area contributed by atoms with Gasteiger partial charge >= 0.3 is 12.1 Å². The number of benzene rings is 1. The number of hydrogen-bond acceptors (Lipinski definition) is 5. The lowest BCUT2D eigenvalue weighted by atomic mass is 10.2. The summed E-state index contributed by atoms with van der Waals surface area (Å²) in [5, 5.41) is 2.44. The van der Waals surface area contributed by atoms with Gasteiger partial charge in [0.15, 0.2) is 0 Å². The molecule has 0 bridgehead atoms. The van der Waals surface area contributed by atoms with Crippen LogP contribution in [0, 0.1) is 6.92 Å². The number of amides is 1. The molecule has 1 aromatic rings. The van der Waals surface area contributed by atoms with Crippen LogP contribution in [-0.4, -0.2) is 36.4 Å². The van der Waals surface area contributed by atoms with Crippen LogP contribution >= 0.6 is 0 Å². The third kappa shape index (κ3) is 7.85. The zero-order valence-corrected chi connectivity index (χ0v) is 15.2. The Bertz CT molecular complexity index is 548. The quantitative estimate of drug-likeness (QED) is 0.807. The zero-order chi connectivity index (χ0) is 18.3. The fraction of sp³-hybridized carbons (Fsp3) is 0.556. The molecule has 0 aromatic heterocycles. The molecule has 6 heteroatoms. The van der Waals surface area contributed by atoms with Gasteiger partial charge in [-0.05, 0) is 53.7 Å². The summed E-state index contributed by atoms with van der Waals surface area (Å²) >= 11 is 0. The Morgan fingerprint density at radius 1 is 1.12 bits per heavy atom. The van der Waals surface area contributed by atoms with Gasteiger partial charge < -0.3 is 19.5 Å². The van der Waals surface area contributed by atoms with Crippen molar-refractivity contribution < 1.29 is 23.8 Å². The largest absolute Gasteiger partial charge is 0.487 e. The van der Waals surface area contributed by atoms with Gasteiger partial charge in [0.25, 0.3) is 0 Å². The predicted molar refractivity (Wildman–Crippen MR) is 91.1 cm³/mol. The minimum atomic E-state index is -0.800. The van der Waals surface area contributed by atoms with E-state index in [1.807, 2.05) is 31.2 Å². The smallest absolute Gasteiger partial charge is 0.408 e. The molecule has 0 heterocycles. The van der Waals surface area contributed by atoms with Crippen LogP contribution in [-0.2, 0) is 14.3 Å². The lowest BCUT2D eigenvalue weighted by molar-refractivity contribution is -0.147. The molecule has 6 nitrogen and oxygen atoms in total. The van der Waals surface area contributed by atoms with Crippen molar-refractivity contribution in [2.24, 2.45) is 0 Å². The van der Waals surface area contributed by atoms with Gasteiger partial charge in [-0.3, -0.25) is 0 Å². The molecule has 2 atom stereocenters. The van der Waals surface area contributed by atoms with Gasteiger partial charge in [-0.15, -0.1) is 0 Å². The van der Waals surface area contributed by atoms with Gasteiger partial charge in [-0.2, -0.15) is 0 Å². The van der Waals surface area contributed by atoms with E-state index in [4.69, 9.17) is 14.2 Å². The summed E-state index contributed by atoms with van der Waals surface area (Å²) in [6.45, 7) is 10.7. The van der Waals surface area contributed by atoms with Crippen LogP contribution in [0.15, 0.2) is 24.3 Å². The van der Waals surface area contributed by atoms with Crippen molar-refractivity contribution in [3.8, 4) is 5.75 Å². The van der Waals surface area contributed by atoms with Crippen LogP contribution in [0.1, 0.15) is 40.2 Å². The summed E-state index contributed by atoms with van der Waals surface area (Å²) in [6, 6.07) is 6.81. The van der Waals surface area contributed by atoms with E-state index in [1.54, 1.807) is 27.7 Å². The maximum atomic E-state index is 11.9. The van der Waals surface area contributed by atoms with Crippen molar-refractivity contribution in [3.05, 3.63) is 29.8 Å². The van der Waals surface area contributed by atoms with E-state index in [9.17, 15) is 9.59 Å². The summed E-state index contributed by atoms with van der Waals surface area (Å²) in [5.74, 6) is 0.171. The summed E-state index contributed by atoms with van der Waals surface area (Å²) in [7, 11) is 0. The summed E-state index contributed by atoms with van der Waals surface area (Å²) in [4.78, 5) is 23.5. The number of rotatable bonds is 6. The predicted octanol–water partition coefficient (Wildman–Crippen LogP) is 3.22. The third-order valence-electron chi connectivity index (χ3n) is 2.91. The molecule has 0 radical (unpaired) electrons. The van der Waals surface area contributed by atoms with Crippen LogP contribution in [0.25, 0.3) is 0 Å². The van der Waals surface area contributed by atoms with Crippen LogP contribution < -0.4 is 10.1 Å². The van der Waals surface area contributed by atoms with E-state index in [-0.39, 0.29) is 12.7 Å². The van der Waals surface area contributed by atoms with Crippen LogP contribution in [0.2, 0.25) is 0 Å². The summed E-state index contributed by atoms with van der Waals surface area (Å²) in [6.07, 6.45) is -0.957. The number of carbonyl (C=O) groups excluding carboxylic acids is 2. The summed E-state index contributed by atoms with van der Waals surface area (Å²) in [5.41, 5.74) is 0.521. The van der Waals surface area contributed by atoms with Crippen LogP contribution in [0.4, 0.5) is 4.79 Å². The van der Waals surface area contributed by atoms with Gasteiger partial charge in [0.05, 0.1) is 0 Å². The van der Waals surface area contributed by atoms with Gasteiger partial charge in [0, 0.05) is 0 Å². The third-order valence-corrected chi connectivity index (χ3v) is 2.91. The monoisotopic (exact) mass is 337 g/mol. The van der Waals surface area contributed by atoms with Gasteiger partial charge in [-0.25, -0.2) is 9.59 Å². The van der Waals surface area contributed by atoms with Crippen molar-refractivity contribution in [1.82, 2.24) is 5.32 Å². The Morgan fingerprint density at radius 3 is 2.25 bits per heavy atom. The molecule has 1 amide bonds. The van der Waals surface area contributed by atoms with Crippen molar-refractivity contribution in [1.29, 1.82) is 0 Å². The van der Waals surface area contributed by atoms with Gasteiger partial charge in [-0.1, -0.05) is 17.7 Å². The molecular weight excluding hydrogens is 310 g/mol. The molecule has 0 saturated carbocycles. The Labute approximate surface area is 143 Å². The van der Waals surface area contributed by atoms with Crippen LogP contribution in [0.5, 0.6) is 5.75 Å². The zero-order valence-electron chi connectivity index (χ0n) is 15.2. The number of esters is 1. The first-order chi connectivity index (χ1) is 11.1. The first kappa shape index (κ1) is 19.8. The standard InChI is InChI=1S/C18H27NO5/c1-12-7-9-15(10-8-12)23-13(2)11-22-16(20)14(3)19-17(21)24-18(4,5)6/h7-10,13-14H,11H2,1-6H3,(H,19,21)/t13-,14-/m0/s1. The number of aryl methyl sites for hydroxylation is 1. The Kier molecular flexibility index (Phi) is 7.07. The molecule has 0 aliphatic heterocycles. The average molecular weight is 337 g/mol. The maximum Gasteiger partial charge on any atom is 0.408 e. The first-order valence-electron chi connectivity index (χ1n) is 7.96. The lowest BCUT2D eigenvalue weighted by Crippen LogP contribution is -2.43. The van der Waals surface area contributed by atoms with E-state index < -0.39 is 23.7 Å². The molecule has 0 aliphatic rings.